The average molecular weight is 700 g/mol. The number of benzene rings is 2. The highest BCUT2D eigenvalue weighted by atomic mass is 79.9. The quantitative estimate of drug-likeness (QED) is 0.175. The highest BCUT2D eigenvalue weighted by molar-refractivity contribution is 9.10. The van der Waals surface area contributed by atoms with Crippen molar-refractivity contribution in [3.8, 4) is 0 Å². The average Bonchev–Trinajstić information content (AvgIpc) is 3.64. The van der Waals surface area contributed by atoms with Gasteiger partial charge in [0, 0.05) is 13.5 Å². The van der Waals surface area contributed by atoms with Gasteiger partial charge in [0.2, 0.25) is 23.6 Å². The van der Waals surface area contributed by atoms with Crippen LogP contribution in [0.4, 0.5) is 13.2 Å². The number of carbonyl (C=O) groups excluding carboxylic acids is 4. The molecule has 2 bridgehead atoms. The second-order valence-electron chi connectivity index (χ2n) is 12.3. The second-order valence-corrected chi connectivity index (χ2v) is 13.5. The third kappa shape index (κ3) is 4.41. The lowest BCUT2D eigenvalue weighted by Crippen LogP contribution is -2.50. The molecular weight excluding hydrogens is 669 g/mol. The Morgan fingerprint density at radius 2 is 1.57 bits per heavy atom. The number of likely N-dealkylation sites (tertiary alicyclic amines) is 1. The summed E-state index contributed by atoms with van der Waals surface area (Å²) in [5, 5.41) is 9.29. The number of carbonyl (C=O) groups is 4. The van der Waals surface area contributed by atoms with E-state index in [1.54, 1.807) is 13.8 Å². The molecule has 240 valence electrons. The van der Waals surface area contributed by atoms with E-state index < -0.39 is 51.0 Å². The Morgan fingerprint density at radius 3 is 2.11 bits per heavy atom. The zero-order valence-corrected chi connectivity index (χ0v) is 26.7. The molecule has 1 saturated carbocycles. The number of aryl methyl sites for hydroxylation is 1. The number of amides is 3. The number of hydrogen-bond donors (Lipinski definition) is 1. The van der Waals surface area contributed by atoms with Crippen LogP contribution < -0.4 is 5.32 Å². The van der Waals surface area contributed by atoms with Crippen LogP contribution >= 0.6 is 15.9 Å². The summed E-state index contributed by atoms with van der Waals surface area (Å²) in [7, 11) is 0. The van der Waals surface area contributed by atoms with E-state index in [0.29, 0.717) is 11.1 Å². The number of Topliss-reactive ketones (excluding diaryl/α,β-unsaturated/α-hetero) is 1. The zero-order valence-electron chi connectivity index (χ0n) is 25.2. The fourth-order valence-corrected chi connectivity index (χ4v) is 8.88. The van der Waals surface area contributed by atoms with Crippen molar-refractivity contribution in [2.75, 3.05) is 6.54 Å². The topological polar surface area (TPSA) is 122 Å². The molecular formula is C33H30BrF3N4O5. The molecule has 1 aliphatic heterocycles. The number of alkyl halides is 4. The molecule has 9 nitrogen and oxygen atoms in total. The van der Waals surface area contributed by atoms with E-state index in [-0.39, 0.29) is 43.4 Å². The smallest absolute Gasteiger partial charge is 0.423 e. The standard InChI is InChI=1S/C33H30BrF3N4O5/c1-18-39-40-25(46-18)21(38-28(44)33(35,36)37)16-10-11-17-41-26(42)24-30(2)22(19-12-6-4-7-13-19)23(20-14-8-5-9-15-20)31(3,27(30)43)32(24,34)29(41)45/h4-9,12-15,21,24H,10-11,16-17H2,1-3H3,(H,38,44)/t21-,24?,30?,31?,32?/m0/s1. The van der Waals surface area contributed by atoms with E-state index in [4.69, 9.17) is 4.42 Å². The maximum atomic E-state index is 14.5. The Hall–Kier alpha value is -4.13. The Balaban J connectivity index is 1.29. The number of imide groups is 1. The van der Waals surface area contributed by atoms with Gasteiger partial charge in [0.05, 0.1) is 16.7 Å². The first-order valence-electron chi connectivity index (χ1n) is 14.8. The molecule has 1 aromatic heterocycles. The molecule has 2 aliphatic carbocycles. The van der Waals surface area contributed by atoms with Gasteiger partial charge < -0.3 is 9.73 Å². The zero-order chi connectivity index (χ0) is 33.2. The van der Waals surface area contributed by atoms with Gasteiger partial charge in [-0.2, -0.15) is 13.2 Å². The predicted molar refractivity (Wildman–Crippen MR) is 163 cm³/mol. The van der Waals surface area contributed by atoms with Crippen LogP contribution in [0.25, 0.3) is 11.1 Å². The summed E-state index contributed by atoms with van der Waals surface area (Å²) in [4.78, 5) is 55.8. The van der Waals surface area contributed by atoms with Crippen molar-refractivity contribution in [3.05, 3.63) is 83.6 Å². The monoisotopic (exact) mass is 698 g/mol. The van der Waals surface area contributed by atoms with E-state index >= 15 is 0 Å². The summed E-state index contributed by atoms with van der Waals surface area (Å²) in [6, 6.07) is 17.5. The van der Waals surface area contributed by atoms with Gasteiger partial charge in [0.15, 0.2) is 5.78 Å². The normalized spacial score (nSPS) is 27.8. The summed E-state index contributed by atoms with van der Waals surface area (Å²) in [6.07, 6.45) is -4.71. The lowest BCUT2D eigenvalue weighted by Gasteiger charge is -2.41. The summed E-state index contributed by atoms with van der Waals surface area (Å²) < 4.78 is 42.7. The van der Waals surface area contributed by atoms with Crippen LogP contribution in [0, 0.1) is 23.7 Å². The molecule has 3 aromatic rings. The van der Waals surface area contributed by atoms with E-state index in [1.807, 2.05) is 66.0 Å². The summed E-state index contributed by atoms with van der Waals surface area (Å²) >= 11 is 3.71. The molecule has 4 unspecified atom stereocenters. The minimum Gasteiger partial charge on any atom is -0.423 e. The maximum Gasteiger partial charge on any atom is 0.471 e. The Bertz CT molecular complexity index is 1780. The van der Waals surface area contributed by atoms with Crippen molar-refractivity contribution in [2.45, 2.75) is 56.6 Å². The van der Waals surface area contributed by atoms with Gasteiger partial charge >= 0.3 is 12.1 Å². The molecule has 1 saturated heterocycles. The van der Waals surface area contributed by atoms with Crippen molar-refractivity contribution in [3.63, 3.8) is 0 Å². The fraction of sp³-hybridized carbons (Fsp3) is 0.394. The Morgan fingerprint density at radius 1 is 0.978 bits per heavy atom. The van der Waals surface area contributed by atoms with Crippen LogP contribution in [0.5, 0.6) is 0 Å². The number of hydrogen-bond acceptors (Lipinski definition) is 7. The first kappa shape index (κ1) is 31.8. The molecule has 0 radical (unpaired) electrons. The van der Waals surface area contributed by atoms with E-state index in [1.165, 1.54) is 6.92 Å². The number of allylic oxidation sites excluding steroid dienone is 2. The largest absolute Gasteiger partial charge is 0.471 e. The van der Waals surface area contributed by atoms with Gasteiger partial charge in [-0.25, -0.2) is 0 Å². The van der Waals surface area contributed by atoms with Gasteiger partial charge in [-0.3, -0.25) is 24.1 Å². The fourth-order valence-electron chi connectivity index (χ4n) is 7.64. The maximum absolute atomic E-state index is 14.5. The van der Waals surface area contributed by atoms with Crippen molar-refractivity contribution >= 4 is 50.6 Å². The van der Waals surface area contributed by atoms with Gasteiger partial charge in [0.1, 0.15) is 10.4 Å². The number of nitrogens with one attached hydrogen (secondary N) is 1. The predicted octanol–water partition coefficient (Wildman–Crippen LogP) is 5.61. The minimum absolute atomic E-state index is 0.0195. The van der Waals surface area contributed by atoms with Crippen molar-refractivity contribution in [1.82, 2.24) is 20.4 Å². The molecule has 0 spiro atoms. The van der Waals surface area contributed by atoms with Crippen LogP contribution in [0.2, 0.25) is 0 Å². The molecule has 13 heteroatoms. The number of rotatable bonds is 9. The van der Waals surface area contributed by atoms with Crippen LogP contribution in [0.1, 0.15) is 62.1 Å². The molecule has 3 amide bonds. The molecule has 5 atom stereocenters. The molecule has 3 aliphatic rings. The number of halogens is 4. The van der Waals surface area contributed by atoms with E-state index in [9.17, 15) is 32.3 Å². The van der Waals surface area contributed by atoms with Crippen molar-refractivity contribution in [2.24, 2.45) is 16.7 Å². The van der Waals surface area contributed by atoms with Gasteiger partial charge in [0.25, 0.3) is 0 Å². The number of fused-ring (bicyclic) bond motifs is 5. The molecule has 2 fully saturated rings. The molecule has 2 heterocycles. The number of ketones is 1. The SMILES string of the molecule is Cc1nnc([C@H](CCCCN2C(=O)C3C4(C)C(=O)C(C)(C(c5ccccc5)=C4c4ccccc4)C3(Br)C2=O)NC(=O)C(F)(F)F)o1. The Labute approximate surface area is 270 Å². The van der Waals surface area contributed by atoms with E-state index in [0.717, 1.165) is 16.0 Å². The van der Waals surface area contributed by atoms with Gasteiger partial charge in [-0.15, -0.1) is 10.2 Å². The summed E-state index contributed by atoms with van der Waals surface area (Å²) in [6.45, 7) is 4.91. The highest BCUT2D eigenvalue weighted by Crippen LogP contribution is 2.77. The van der Waals surface area contributed by atoms with E-state index in [2.05, 4.69) is 26.1 Å². The first-order valence-corrected chi connectivity index (χ1v) is 15.6. The van der Waals surface area contributed by atoms with Crippen LogP contribution in [0.3, 0.4) is 0 Å². The molecule has 1 N–H and O–H groups in total. The van der Waals surface area contributed by atoms with Crippen molar-refractivity contribution in [1.29, 1.82) is 0 Å². The summed E-state index contributed by atoms with van der Waals surface area (Å²) in [5.74, 6) is -4.46. The van der Waals surface area contributed by atoms with Crippen molar-refractivity contribution < 1.29 is 36.8 Å². The summed E-state index contributed by atoms with van der Waals surface area (Å²) in [5.41, 5.74) is 0.268. The minimum atomic E-state index is -5.11. The molecule has 6 rings (SSSR count). The third-order valence-electron chi connectivity index (χ3n) is 9.62. The first-order chi connectivity index (χ1) is 21.7. The lowest BCUT2D eigenvalue weighted by atomic mass is 9.63. The highest BCUT2D eigenvalue weighted by Gasteiger charge is 2.85. The number of aromatic nitrogens is 2. The Kier molecular flexibility index (Phi) is 7.61. The van der Waals surface area contributed by atoms with Crippen LogP contribution in [-0.4, -0.2) is 55.6 Å². The third-order valence-corrected chi connectivity index (χ3v) is 11.2. The molecule has 46 heavy (non-hydrogen) atoms. The van der Waals surface area contributed by atoms with Crippen LogP contribution in [0.15, 0.2) is 65.1 Å². The van der Waals surface area contributed by atoms with Crippen LogP contribution in [-0.2, 0) is 19.2 Å². The number of nitrogens with zero attached hydrogens (tertiary/aromatic N) is 3. The molecule has 2 aromatic carbocycles. The lowest BCUT2D eigenvalue weighted by molar-refractivity contribution is -0.174. The van der Waals surface area contributed by atoms with Gasteiger partial charge in [-0.05, 0) is 55.4 Å². The number of unbranched alkanes of at least 4 members (excludes halogenated alkanes) is 1. The van der Waals surface area contributed by atoms with Gasteiger partial charge in [-0.1, -0.05) is 76.6 Å². The second kappa shape index (κ2) is 11.0.